The molecule has 0 aromatic rings. The molecule has 0 amide bonds. The molecule has 0 bridgehead atoms. The molecule has 0 heterocycles. The lowest BCUT2D eigenvalue weighted by Crippen LogP contribution is -2.16. The summed E-state index contributed by atoms with van der Waals surface area (Å²) in [5.41, 5.74) is 0. The van der Waals surface area contributed by atoms with E-state index in [-0.39, 0.29) is 6.54 Å². The Hall–Kier alpha value is -0.900. The predicted molar refractivity (Wildman–Crippen MR) is 32.3 cm³/mol. The van der Waals surface area contributed by atoms with E-state index in [4.69, 9.17) is 5.11 Å². The van der Waals surface area contributed by atoms with Crippen molar-refractivity contribution in [2.75, 3.05) is 6.54 Å². The second-order valence-electron chi connectivity index (χ2n) is 1.16. The van der Waals surface area contributed by atoms with Crippen molar-refractivity contribution in [3.63, 3.8) is 0 Å². The van der Waals surface area contributed by atoms with Crippen LogP contribution >= 0.6 is 0 Å². The molecule has 0 aliphatic carbocycles. The van der Waals surface area contributed by atoms with Gasteiger partial charge in [0.05, 0.1) is 6.54 Å². The normalized spacial score (nSPS) is 11.3. The smallest absolute Gasteiger partial charge is 0.381 e. The van der Waals surface area contributed by atoms with E-state index in [2.05, 4.69) is 5.92 Å². The highest BCUT2D eigenvalue weighted by Gasteiger charge is 1.81. The molecule has 0 saturated heterocycles. The number of carboxylic acids is 1. The van der Waals surface area contributed by atoms with Crippen molar-refractivity contribution in [2.45, 2.75) is 0 Å². The van der Waals surface area contributed by atoms with Crippen LogP contribution in [0.15, 0.2) is 0 Å². The molecular formula is C4H4NO4S-. The van der Waals surface area contributed by atoms with Crippen molar-refractivity contribution < 1.29 is 18.7 Å². The molecule has 0 aromatic carbocycles. The van der Waals surface area contributed by atoms with Crippen LogP contribution < -0.4 is 4.72 Å². The molecule has 0 aliphatic rings. The molecule has 0 spiro atoms. The largest absolute Gasteiger partial charge is 0.760 e. The average molecular weight is 162 g/mol. The predicted octanol–water partition coefficient (Wildman–Crippen LogP) is -1.54. The van der Waals surface area contributed by atoms with Crippen molar-refractivity contribution in [1.82, 2.24) is 4.72 Å². The molecule has 10 heavy (non-hydrogen) atoms. The summed E-state index contributed by atoms with van der Waals surface area (Å²) in [6, 6.07) is 0. The van der Waals surface area contributed by atoms with E-state index in [1.54, 1.807) is 5.92 Å². The first kappa shape index (κ1) is 9.10. The molecule has 1 unspecified atom stereocenters. The third-order valence-corrected chi connectivity index (χ3v) is 0.854. The lowest BCUT2D eigenvalue weighted by atomic mass is 10.6. The highest BCUT2D eigenvalue weighted by Crippen LogP contribution is 1.61. The number of carboxylic acid groups (broad SMARTS) is 1. The first-order valence-corrected chi connectivity index (χ1v) is 3.25. The Balaban J connectivity index is 3.48. The molecule has 1 atom stereocenters. The van der Waals surface area contributed by atoms with Gasteiger partial charge in [0.25, 0.3) is 0 Å². The van der Waals surface area contributed by atoms with Crippen molar-refractivity contribution in [2.24, 2.45) is 0 Å². The quantitative estimate of drug-likeness (QED) is 0.380. The van der Waals surface area contributed by atoms with Gasteiger partial charge in [-0.1, -0.05) is 5.92 Å². The Morgan fingerprint density at radius 1 is 1.80 bits per heavy atom. The molecule has 6 heteroatoms. The fourth-order valence-corrected chi connectivity index (χ4v) is 0.405. The molecule has 0 rings (SSSR count). The van der Waals surface area contributed by atoms with Crippen molar-refractivity contribution >= 4 is 17.2 Å². The van der Waals surface area contributed by atoms with Crippen LogP contribution in [0.1, 0.15) is 0 Å². The number of hydrogen-bond donors (Lipinski definition) is 2. The SMILES string of the molecule is O=C(O)C#CCNS(=O)[O-]. The van der Waals surface area contributed by atoms with Crippen molar-refractivity contribution in [3.05, 3.63) is 0 Å². The van der Waals surface area contributed by atoms with Crippen LogP contribution in [0.25, 0.3) is 0 Å². The maximum Gasteiger partial charge on any atom is 0.381 e. The molecule has 0 aromatic heterocycles. The topological polar surface area (TPSA) is 89.5 Å². The zero-order chi connectivity index (χ0) is 7.98. The Morgan fingerprint density at radius 3 is 2.80 bits per heavy atom. The van der Waals surface area contributed by atoms with E-state index in [1.165, 1.54) is 0 Å². The molecular weight excluding hydrogens is 158 g/mol. The Labute approximate surface area is 59.9 Å². The van der Waals surface area contributed by atoms with Gasteiger partial charge in [0, 0.05) is 17.2 Å². The van der Waals surface area contributed by atoms with E-state index >= 15 is 0 Å². The molecule has 0 fully saturated rings. The van der Waals surface area contributed by atoms with Gasteiger partial charge >= 0.3 is 5.97 Å². The third-order valence-electron chi connectivity index (χ3n) is 0.474. The highest BCUT2D eigenvalue weighted by molar-refractivity contribution is 7.77. The zero-order valence-corrected chi connectivity index (χ0v) is 5.60. The van der Waals surface area contributed by atoms with Gasteiger partial charge in [-0.25, -0.2) is 9.52 Å². The Bertz CT molecular complexity index is 203. The molecule has 0 saturated carbocycles. The first-order valence-electron chi connectivity index (χ1n) is 2.17. The van der Waals surface area contributed by atoms with Crippen molar-refractivity contribution in [3.8, 4) is 11.8 Å². The molecule has 2 N–H and O–H groups in total. The Morgan fingerprint density at radius 2 is 2.40 bits per heavy atom. The van der Waals surface area contributed by atoms with E-state index in [9.17, 15) is 13.6 Å². The minimum Gasteiger partial charge on any atom is -0.760 e. The van der Waals surface area contributed by atoms with Gasteiger partial charge in [-0.05, 0) is 0 Å². The van der Waals surface area contributed by atoms with E-state index in [0.717, 1.165) is 0 Å². The van der Waals surface area contributed by atoms with Gasteiger partial charge in [-0.2, -0.15) is 0 Å². The van der Waals surface area contributed by atoms with Crippen LogP contribution in [0.3, 0.4) is 0 Å². The van der Waals surface area contributed by atoms with Crippen molar-refractivity contribution in [1.29, 1.82) is 0 Å². The summed E-state index contributed by atoms with van der Waals surface area (Å²) < 4.78 is 21.3. The minimum absolute atomic E-state index is 0.178. The maximum absolute atomic E-state index is 9.72. The van der Waals surface area contributed by atoms with Crippen LogP contribution in [0.4, 0.5) is 0 Å². The Kier molecular flexibility index (Phi) is 4.49. The van der Waals surface area contributed by atoms with Gasteiger partial charge in [-0.3, -0.25) is 4.21 Å². The summed E-state index contributed by atoms with van der Waals surface area (Å²) in [4.78, 5) is 9.69. The highest BCUT2D eigenvalue weighted by atomic mass is 32.2. The minimum atomic E-state index is -2.38. The first-order chi connectivity index (χ1) is 4.63. The number of hydrogen-bond acceptors (Lipinski definition) is 3. The number of aliphatic carboxylic acids is 1. The summed E-state index contributed by atoms with van der Waals surface area (Å²) in [5, 5.41) is 7.92. The summed E-state index contributed by atoms with van der Waals surface area (Å²) in [5.74, 6) is 2.51. The van der Waals surface area contributed by atoms with E-state index in [0.29, 0.717) is 0 Å². The second kappa shape index (κ2) is 4.93. The average Bonchev–Trinajstić information content (AvgIpc) is 1.79. The summed E-state index contributed by atoms with van der Waals surface area (Å²) >= 11 is -2.38. The van der Waals surface area contributed by atoms with Crippen LogP contribution in [-0.4, -0.2) is 26.4 Å². The summed E-state index contributed by atoms with van der Waals surface area (Å²) in [7, 11) is 0. The second-order valence-corrected chi connectivity index (χ2v) is 1.92. The van der Waals surface area contributed by atoms with Gasteiger partial charge < -0.3 is 9.66 Å². The monoisotopic (exact) mass is 162 g/mol. The summed E-state index contributed by atoms with van der Waals surface area (Å²) in [6.07, 6.45) is 0. The fourth-order valence-electron chi connectivity index (χ4n) is 0.215. The molecule has 5 nitrogen and oxygen atoms in total. The lowest BCUT2D eigenvalue weighted by molar-refractivity contribution is -0.130. The van der Waals surface area contributed by atoms with E-state index < -0.39 is 17.2 Å². The third kappa shape index (κ3) is 7.10. The van der Waals surface area contributed by atoms with Crippen LogP contribution in [-0.2, 0) is 16.1 Å². The number of carbonyl (C=O) groups is 1. The number of nitrogens with one attached hydrogen (secondary N) is 1. The van der Waals surface area contributed by atoms with Crippen LogP contribution in [0.2, 0.25) is 0 Å². The fraction of sp³-hybridized carbons (Fsp3) is 0.250. The lowest BCUT2D eigenvalue weighted by Gasteiger charge is -2.00. The summed E-state index contributed by atoms with van der Waals surface area (Å²) in [6.45, 7) is -0.178. The van der Waals surface area contributed by atoms with Crippen LogP contribution in [0.5, 0.6) is 0 Å². The van der Waals surface area contributed by atoms with Gasteiger partial charge in [0.15, 0.2) is 0 Å². The van der Waals surface area contributed by atoms with Gasteiger partial charge in [0.2, 0.25) is 0 Å². The molecule has 0 radical (unpaired) electrons. The van der Waals surface area contributed by atoms with Crippen LogP contribution in [0, 0.1) is 11.8 Å². The zero-order valence-electron chi connectivity index (χ0n) is 4.79. The van der Waals surface area contributed by atoms with Gasteiger partial charge in [-0.15, -0.1) is 0 Å². The van der Waals surface area contributed by atoms with Gasteiger partial charge in [0.1, 0.15) is 0 Å². The maximum atomic E-state index is 9.72. The number of rotatable bonds is 2. The molecule has 56 valence electrons. The standard InChI is InChI=1S/C4H5NO4S/c6-4(7)2-1-3-5-10(8)9/h5H,3H2,(H,6,7)(H,8,9)/p-1. The molecule has 0 aliphatic heterocycles. The van der Waals surface area contributed by atoms with E-state index in [1.807, 2.05) is 4.72 Å².